The van der Waals surface area contributed by atoms with Crippen molar-refractivity contribution in [1.29, 1.82) is 0 Å². The molecule has 2 nitrogen and oxygen atoms in total. The zero-order valence-electron chi connectivity index (χ0n) is 12.3. The number of thiophene rings is 1. The van der Waals surface area contributed by atoms with Gasteiger partial charge < -0.3 is 5.32 Å². The number of nitrogens with zero attached hydrogens (tertiary/aromatic N) is 1. The molecule has 0 aliphatic heterocycles. The van der Waals surface area contributed by atoms with Crippen LogP contribution in [0.5, 0.6) is 0 Å². The predicted octanol–water partition coefficient (Wildman–Crippen LogP) is 3.91. The molecule has 0 spiro atoms. The first-order valence-electron chi connectivity index (χ1n) is 7.08. The van der Waals surface area contributed by atoms with Crippen LogP contribution in [-0.4, -0.2) is 31.1 Å². The molecule has 1 N–H and O–H groups in total. The quantitative estimate of drug-likeness (QED) is 0.683. The zero-order chi connectivity index (χ0) is 13.4. The van der Waals surface area contributed by atoms with E-state index in [4.69, 9.17) is 0 Å². The van der Waals surface area contributed by atoms with E-state index in [0.717, 1.165) is 6.54 Å². The second-order valence-corrected chi connectivity index (χ2v) is 6.32. The molecule has 0 aliphatic rings. The summed E-state index contributed by atoms with van der Waals surface area (Å²) in [6.45, 7) is 9.06. The summed E-state index contributed by atoms with van der Waals surface area (Å²) in [5.74, 6) is 0. The molecule has 104 valence electrons. The van der Waals surface area contributed by atoms with Crippen molar-refractivity contribution < 1.29 is 0 Å². The fraction of sp³-hybridized carbons (Fsp3) is 0.733. The molecule has 0 saturated heterocycles. The van der Waals surface area contributed by atoms with Gasteiger partial charge in [0.15, 0.2) is 0 Å². The fourth-order valence-corrected chi connectivity index (χ4v) is 2.84. The predicted molar refractivity (Wildman–Crippen MR) is 82.4 cm³/mol. The highest BCUT2D eigenvalue weighted by atomic mass is 32.1. The van der Waals surface area contributed by atoms with E-state index in [0.29, 0.717) is 12.1 Å². The first kappa shape index (κ1) is 15.7. The van der Waals surface area contributed by atoms with E-state index >= 15 is 0 Å². The molecule has 1 aromatic rings. The molecule has 0 radical (unpaired) electrons. The number of unbranched alkanes of at least 4 members (excludes halogenated alkanes) is 2. The van der Waals surface area contributed by atoms with Crippen molar-refractivity contribution in [3.05, 3.63) is 22.4 Å². The summed E-state index contributed by atoms with van der Waals surface area (Å²) in [5.41, 5.74) is 0. The van der Waals surface area contributed by atoms with E-state index in [1.165, 1.54) is 30.7 Å². The lowest BCUT2D eigenvalue weighted by Gasteiger charge is -2.23. The summed E-state index contributed by atoms with van der Waals surface area (Å²) >= 11 is 1.86. The molecule has 0 aliphatic carbocycles. The van der Waals surface area contributed by atoms with Crippen LogP contribution in [-0.2, 0) is 0 Å². The molecule has 3 heteroatoms. The minimum Gasteiger partial charge on any atom is -0.315 e. The Kier molecular flexibility index (Phi) is 7.56. The molecule has 0 saturated carbocycles. The van der Waals surface area contributed by atoms with Gasteiger partial charge in [0.25, 0.3) is 0 Å². The lowest BCUT2D eigenvalue weighted by molar-refractivity contribution is 0.258. The number of rotatable bonds is 9. The highest BCUT2D eigenvalue weighted by Gasteiger charge is 2.11. The highest BCUT2D eigenvalue weighted by molar-refractivity contribution is 7.10. The van der Waals surface area contributed by atoms with Gasteiger partial charge in [0.2, 0.25) is 0 Å². The van der Waals surface area contributed by atoms with Gasteiger partial charge >= 0.3 is 0 Å². The number of nitrogens with one attached hydrogen (secondary N) is 1. The van der Waals surface area contributed by atoms with Gasteiger partial charge in [-0.1, -0.05) is 26.3 Å². The van der Waals surface area contributed by atoms with Crippen LogP contribution in [0.25, 0.3) is 0 Å². The standard InChI is InChI=1S/C15H28N2S/c1-13(2)16-10-6-5-7-11-17(4)14(3)15-9-8-12-18-15/h8-9,12-14,16H,5-7,10-11H2,1-4H3. The smallest absolute Gasteiger partial charge is 0.0410 e. The van der Waals surface area contributed by atoms with Crippen LogP contribution in [0.4, 0.5) is 0 Å². The van der Waals surface area contributed by atoms with Crippen LogP contribution < -0.4 is 5.32 Å². The molecule has 1 atom stereocenters. The van der Waals surface area contributed by atoms with Gasteiger partial charge in [0.1, 0.15) is 0 Å². The minimum absolute atomic E-state index is 0.554. The molecule has 18 heavy (non-hydrogen) atoms. The van der Waals surface area contributed by atoms with Crippen molar-refractivity contribution in [2.45, 2.75) is 52.1 Å². The molecular formula is C15H28N2S. The third kappa shape index (κ3) is 5.98. The summed E-state index contributed by atoms with van der Waals surface area (Å²) in [5, 5.41) is 5.63. The van der Waals surface area contributed by atoms with E-state index in [2.05, 4.69) is 55.5 Å². The molecule has 1 heterocycles. The lowest BCUT2D eigenvalue weighted by atomic mass is 10.2. The third-order valence-electron chi connectivity index (χ3n) is 3.36. The van der Waals surface area contributed by atoms with E-state index in [-0.39, 0.29) is 0 Å². The Morgan fingerprint density at radius 2 is 2.00 bits per heavy atom. The van der Waals surface area contributed by atoms with E-state index < -0.39 is 0 Å². The summed E-state index contributed by atoms with van der Waals surface area (Å²) in [7, 11) is 2.23. The summed E-state index contributed by atoms with van der Waals surface area (Å²) in [6, 6.07) is 5.55. The lowest BCUT2D eigenvalue weighted by Crippen LogP contribution is -2.25. The highest BCUT2D eigenvalue weighted by Crippen LogP contribution is 2.23. The maximum Gasteiger partial charge on any atom is 0.0410 e. The van der Waals surface area contributed by atoms with Gasteiger partial charge in [-0.15, -0.1) is 11.3 Å². The summed E-state index contributed by atoms with van der Waals surface area (Å²) in [6.07, 6.45) is 3.91. The fourth-order valence-electron chi connectivity index (χ4n) is 1.99. The van der Waals surface area contributed by atoms with Crippen LogP contribution >= 0.6 is 11.3 Å². The largest absolute Gasteiger partial charge is 0.315 e. The second-order valence-electron chi connectivity index (χ2n) is 5.34. The Balaban J connectivity index is 2.08. The van der Waals surface area contributed by atoms with E-state index in [1.54, 1.807) is 0 Å². The molecule has 0 bridgehead atoms. The SMILES string of the molecule is CC(C)NCCCCCN(C)C(C)c1cccs1. The topological polar surface area (TPSA) is 15.3 Å². The Bertz CT molecular complexity index is 295. The molecule has 0 amide bonds. The first-order valence-corrected chi connectivity index (χ1v) is 7.96. The van der Waals surface area contributed by atoms with Crippen molar-refractivity contribution in [3.8, 4) is 0 Å². The van der Waals surface area contributed by atoms with Crippen molar-refractivity contribution in [2.24, 2.45) is 0 Å². The van der Waals surface area contributed by atoms with Gasteiger partial charge in [0.05, 0.1) is 0 Å². The van der Waals surface area contributed by atoms with Crippen molar-refractivity contribution in [1.82, 2.24) is 10.2 Å². The maximum atomic E-state index is 3.47. The van der Waals surface area contributed by atoms with E-state index in [9.17, 15) is 0 Å². The maximum absolute atomic E-state index is 3.47. The van der Waals surface area contributed by atoms with Crippen LogP contribution in [0.15, 0.2) is 17.5 Å². The average molecular weight is 268 g/mol. The number of hydrogen-bond donors (Lipinski definition) is 1. The minimum atomic E-state index is 0.554. The molecule has 0 fully saturated rings. The van der Waals surface area contributed by atoms with Gasteiger partial charge in [0, 0.05) is 17.0 Å². The van der Waals surface area contributed by atoms with Crippen LogP contribution in [0.1, 0.15) is 51.0 Å². The Labute approximate surface area is 116 Å². The first-order chi connectivity index (χ1) is 8.61. The van der Waals surface area contributed by atoms with Crippen LogP contribution in [0.3, 0.4) is 0 Å². The molecule has 0 aromatic carbocycles. The van der Waals surface area contributed by atoms with Crippen molar-refractivity contribution >= 4 is 11.3 Å². The van der Waals surface area contributed by atoms with Gasteiger partial charge in [-0.05, 0) is 51.3 Å². The van der Waals surface area contributed by atoms with Crippen molar-refractivity contribution in [2.75, 3.05) is 20.1 Å². The monoisotopic (exact) mass is 268 g/mol. The average Bonchev–Trinajstić information content (AvgIpc) is 2.85. The molecule has 1 aromatic heterocycles. The molecule has 1 rings (SSSR count). The Hall–Kier alpha value is -0.380. The molecular weight excluding hydrogens is 240 g/mol. The summed E-state index contributed by atoms with van der Waals surface area (Å²) in [4.78, 5) is 3.93. The van der Waals surface area contributed by atoms with Gasteiger partial charge in [-0.25, -0.2) is 0 Å². The van der Waals surface area contributed by atoms with E-state index in [1.807, 2.05) is 11.3 Å². The molecule has 1 unspecified atom stereocenters. The third-order valence-corrected chi connectivity index (χ3v) is 4.40. The Morgan fingerprint density at radius 3 is 2.61 bits per heavy atom. The van der Waals surface area contributed by atoms with Gasteiger partial charge in [-0.2, -0.15) is 0 Å². The zero-order valence-corrected chi connectivity index (χ0v) is 13.1. The number of hydrogen-bond acceptors (Lipinski definition) is 3. The van der Waals surface area contributed by atoms with Gasteiger partial charge in [-0.3, -0.25) is 4.90 Å². The normalized spacial score (nSPS) is 13.4. The Morgan fingerprint density at radius 1 is 1.22 bits per heavy atom. The van der Waals surface area contributed by atoms with Crippen LogP contribution in [0.2, 0.25) is 0 Å². The van der Waals surface area contributed by atoms with Crippen molar-refractivity contribution in [3.63, 3.8) is 0 Å². The summed E-state index contributed by atoms with van der Waals surface area (Å²) < 4.78 is 0. The second kappa shape index (κ2) is 8.68. The van der Waals surface area contributed by atoms with Crippen LogP contribution in [0, 0.1) is 0 Å².